The zero-order valence-electron chi connectivity index (χ0n) is 7.41. The maximum Gasteiger partial charge on any atom is 0.338 e. The Morgan fingerprint density at radius 2 is 1.92 bits per heavy atom. The summed E-state index contributed by atoms with van der Waals surface area (Å²) in [7, 11) is 0. The first-order chi connectivity index (χ1) is 5.34. The summed E-state index contributed by atoms with van der Waals surface area (Å²) in [5.41, 5.74) is 0.606. The Morgan fingerprint density at radius 1 is 1.33 bits per heavy atom. The van der Waals surface area contributed by atoms with Crippen LogP contribution in [0.2, 0.25) is 0 Å². The summed E-state index contributed by atoms with van der Waals surface area (Å²) in [6.07, 6.45) is 0. The largest absolute Gasteiger partial charge is 0.462 e. The predicted molar refractivity (Wildman–Crippen MR) is 48.2 cm³/mol. The van der Waals surface area contributed by atoms with Gasteiger partial charge in [0.15, 0.2) is 0 Å². The van der Waals surface area contributed by atoms with Crippen molar-refractivity contribution in [2.24, 2.45) is 0 Å². The van der Waals surface area contributed by atoms with Gasteiger partial charge < -0.3 is 4.74 Å². The third-order valence-electron chi connectivity index (χ3n) is 1.28. The molecule has 2 nitrogen and oxygen atoms in total. The molecular formula is C9H10KO2. The Kier molecular flexibility index (Phi) is 6.99. The number of carbonyl (C=O) groups is 1. The van der Waals surface area contributed by atoms with Crippen molar-refractivity contribution in [3.63, 3.8) is 0 Å². The Labute approximate surface area is 115 Å². The van der Waals surface area contributed by atoms with Crippen molar-refractivity contribution in [3.8, 4) is 0 Å². The second-order valence-corrected chi connectivity index (χ2v) is 2.09. The zero-order valence-corrected chi connectivity index (χ0v) is 10.5. The van der Waals surface area contributed by atoms with Gasteiger partial charge >= 0.3 is 5.97 Å². The van der Waals surface area contributed by atoms with Gasteiger partial charge in [0.25, 0.3) is 0 Å². The van der Waals surface area contributed by atoms with Crippen molar-refractivity contribution >= 4 is 57.4 Å². The number of benzene rings is 1. The fourth-order valence-electron chi connectivity index (χ4n) is 0.789. The molecule has 0 atom stereocenters. The quantitative estimate of drug-likeness (QED) is 0.520. The van der Waals surface area contributed by atoms with Gasteiger partial charge in [-0.15, -0.1) is 0 Å². The molecule has 0 aliphatic carbocycles. The van der Waals surface area contributed by atoms with Crippen LogP contribution in [0, 0.1) is 0 Å². The van der Waals surface area contributed by atoms with E-state index in [-0.39, 0.29) is 57.4 Å². The molecule has 0 aliphatic heterocycles. The van der Waals surface area contributed by atoms with E-state index in [0.29, 0.717) is 12.2 Å². The van der Waals surface area contributed by atoms with Gasteiger partial charge in [-0.25, -0.2) is 4.79 Å². The number of rotatable bonds is 2. The average Bonchev–Trinajstić information content (AvgIpc) is 2.07. The number of hydrogen-bond acceptors (Lipinski definition) is 2. The molecule has 1 aromatic carbocycles. The fourth-order valence-corrected chi connectivity index (χ4v) is 0.789. The topological polar surface area (TPSA) is 26.3 Å². The van der Waals surface area contributed by atoms with Crippen LogP contribution in [0.25, 0.3) is 0 Å². The molecule has 1 radical (unpaired) electrons. The van der Waals surface area contributed by atoms with Gasteiger partial charge in [-0.05, 0) is 19.1 Å². The van der Waals surface area contributed by atoms with E-state index in [1.807, 2.05) is 18.2 Å². The number of hydrogen-bond donors (Lipinski definition) is 0. The Balaban J connectivity index is 0.00000121. The molecule has 0 saturated carbocycles. The first kappa shape index (κ1) is 12.3. The number of esters is 1. The van der Waals surface area contributed by atoms with Crippen LogP contribution in [-0.4, -0.2) is 64.0 Å². The van der Waals surface area contributed by atoms with Crippen LogP contribution >= 0.6 is 0 Å². The van der Waals surface area contributed by atoms with Crippen LogP contribution in [0.15, 0.2) is 30.3 Å². The average molecular weight is 189 g/mol. The summed E-state index contributed by atoms with van der Waals surface area (Å²) in [6.45, 7) is 2.22. The van der Waals surface area contributed by atoms with Gasteiger partial charge in [-0.2, -0.15) is 0 Å². The molecule has 0 aromatic heterocycles. The first-order valence-corrected chi connectivity index (χ1v) is 3.56. The van der Waals surface area contributed by atoms with Gasteiger partial charge in [0.1, 0.15) is 0 Å². The van der Waals surface area contributed by atoms with Gasteiger partial charge in [-0.1, -0.05) is 18.2 Å². The molecule has 1 aromatic rings. The van der Waals surface area contributed by atoms with E-state index >= 15 is 0 Å². The van der Waals surface area contributed by atoms with Crippen LogP contribution in [0.3, 0.4) is 0 Å². The molecule has 0 saturated heterocycles. The predicted octanol–water partition coefficient (Wildman–Crippen LogP) is 1.48. The molecule has 0 heterocycles. The minimum Gasteiger partial charge on any atom is -0.462 e. The molecule has 0 N–H and O–H groups in total. The summed E-state index contributed by atoms with van der Waals surface area (Å²) in [5.74, 6) is -0.256. The standard InChI is InChI=1S/C9H10O2.K/c1-2-11-9(10)8-6-4-3-5-7-8;/h3-7H,2H2,1H3;. The molecule has 0 fully saturated rings. The summed E-state index contributed by atoms with van der Waals surface area (Å²) in [5, 5.41) is 0. The summed E-state index contributed by atoms with van der Waals surface area (Å²) >= 11 is 0. The Bertz CT molecular complexity index is 234. The van der Waals surface area contributed by atoms with Crippen LogP contribution < -0.4 is 0 Å². The number of carbonyl (C=O) groups excluding carboxylic acids is 1. The second-order valence-electron chi connectivity index (χ2n) is 2.09. The van der Waals surface area contributed by atoms with Crippen LogP contribution in [-0.2, 0) is 4.74 Å². The molecule has 0 amide bonds. The monoisotopic (exact) mass is 189 g/mol. The molecule has 12 heavy (non-hydrogen) atoms. The van der Waals surface area contributed by atoms with E-state index in [0.717, 1.165) is 0 Å². The summed E-state index contributed by atoms with van der Waals surface area (Å²) < 4.78 is 4.79. The molecule has 0 spiro atoms. The van der Waals surface area contributed by atoms with Crippen molar-refractivity contribution in [1.82, 2.24) is 0 Å². The van der Waals surface area contributed by atoms with Gasteiger partial charge in [0.2, 0.25) is 0 Å². The molecule has 59 valence electrons. The van der Waals surface area contributed by atoms with Gasteiger partial charge in [0, 0.05) is 51.4 Å². The van der Waals surface area contributed by atoms with E-state index in [1.54, 1.807) is 19.1 Å². The van der Waals surface area contributed by atoms with Crippen LogP contribution in [0.4, 0.5) is 0 Å². The molecule has 0 unspecified atom stereocenters. The molecule has 1 rings (SSSR count). The smallest absolute Gasteiger partial charge is 0.338 e. The number of ether oxygens (including phenoxy) is 1. The van der Waals surface area contributed by atoms with Crippen molar-refractivity contribution in [3.05, 3.63) is 35.9 Å². The summed E-state index contributed by atoms with van der Waals surface area (Å²) in [6, 6.07) is 8.96. The first-order valence-electron chi connectivity index (χ1n) is 3.56. The molecule has 0 aliphatic rings. The second kappa shape index (κ2) is 6.80. The fraction of sp³-hybridized carbons (Fsp3) is 0.222. The van der Waals surface area contributed by atoms with E-state index in [4.69, 9.17) is 4.74 Å². The Hall–Kier alpha value is 0.326. The maximum absolute atomic E-state index is 11.0. The van der Waals surface area contributed by atoms with Crippen molar-refractivity contribution in [1.29, 1.82) is 0 Å². The van der Waals surface area contributed by atoms with E-state index in [9.17, 15) is 4.79 Å². The minimum absolute atomic E-state index is 0. The van der Waals surface area contributed by atoms with Crippen molar-refractivity contribution in [2.75, 3.05) is 6.61 Å². The molecule has 0 bridgehead atoms. The van der Waals surface area contributed by atoms with Gasteiger partial charge in [-0.3, -0.25) is 0 Å². The van der Waals surface area contributed by atoms with Gasteiger partial charge in [0.05, 0.1) is 12.2 Å². The third kappa shape index (κ3) is 3.82. The molecular weight excluding hydrogens is 179 g/mol. The molecule has 3 heteroatoms. The van der Waals surface area contributed by atoms with E-state index < -0.39 is 0 Å². The minimum atomic E-state index is -0.256. The van der Waals surface area contributed by atoms with Crippen LogP contribution in [0.1, 0.15) is 17.3 Å². The van der Waals surface area contributed by atoms with Crippen molar-refractivity contribution < 1.29 is 9.53 Å². The Morgan fingerprint density at radius 3 is 2.42 bits per heavy atom. The third-order valence-corrected chi connectivity index (χ3v) is 1.28. The maximum atomic E-state index is 11.0. The van der Waals surface area contributed by atoms with E-state index in [2.05, 4.69) is 0 Å². The van der Waals surface area contributed by atoms with E-state index in [1.165, 1.54) is 0 Å². The van der Waals surface area contributed by atoms with Crippen molar-refractivity contribution in [2.45, 2.75) is 6.92 Å². The zero-order chi connectivity index (χ0) is 8.10. The SMILES string of the molecule is CCOC(=O)c1ccccc1.[K]. The summed E-state index contributed by atoms with van der Waals surface area (Å²) in [4.78, 5) is 11.0. The normalized spacial score (nSPS) is 8.42. The van der Waals surface area contributed by atoms with Crippen LogP contribution in [0.5, 0.6) is 0 Å².